The van der Waals surface area contributed by atoms with Crippen molar-refractivity contribution in [1.29, 1.82) is 10.5 Å². The molecule has 1 aliphatic heterocycles. The number of nitriles is 2. The molecule has 9 heteroatoms. The molecular weight excluding hydrogens is 408 g/mol. The maximum Gasteiger partial charge on any atom is 0.337 e. The Kier molecular flexibility index (Phi) is 5.25. The van der Waals surface area contributed by atoms with Crippen LogP contribution in [-0.4, -0.2) is 33.6 Å². The van der Waals surface area contributed by atoms with Gasteiger partial charge in [0, 0.05) is 30.5 Å². The van der Waals surface area contributed by atoms with Crippen molar-refractivity contribution in [2.75, 3.05) is 23.3 Å². The second kappa shape index (κ2) is 8.05. The third kappa shape index (κ3) is 3.50. The molecule has 1 aromatic carbocycles. The number of rotatable bonds is 5. The number of nitrogens with one attached hydrogen (secondary N) is 1. The van der Waals surface area contributed by atoms with Gasteiger partial charge in [-0.1, -0.05) is 12.1 Å². The summed E-state index contributed by atoms with van der Waals surface area (Å²) < 4.78 is 1.36. The van der Waals surface area contributed by atoms with E-state index in [-0.39, 0.29) is 28.9 Å². The van der Waals surface area contributed by atoms with Gasteiger partial charge in [0.05, 0.1) is 23.6 Å². The summed E-state index contributed by atoms with van der Waals surface area (Å²) in [6, 6.07) is 12.2. The summed E-state index contributed by atoms with van der Waals surface area (Å²) in [6.07, 6.45) is 1.63. The number of carboxylic acid groups (broad SMARTS) is 1. The van der Waals surface area contributed by atoms with E-state index in [1.807, 2.05) is 26.0 Å². The van der Waals surface area contributed by atoms with Crippen molar-refractivity contribution in [3.05, 3.63) is 69.1 Å². The lowest BCUT2D eigenvalue weighted by Crippen LogP contribution is -2.47. The van der Waals surface area contributed by atoms with Gasteiger partial charge < -0.3 is 15.3 Å². The molecule has 0 spiro atoms. The maximum atomic E-state index is 13.1. The van der Waals surface area contributed by atoms with Crippen LogP contribution in [0.2, 0.25) is 0 Å². The van der Waals surface area contributed by atoms with E-state index in [1.165, 1.54) is 10.5 Å². The van der Waals surface area contributed by atoms with Crippen LogP contribution in [-0.2, 0) is 0 Å². The second-order valence-electron chi connectivity index (χ2n) is 7.84. The summed E-state index contributed by atoms with van der Waals surface area (Å²) in [4.78, 5) is 31.1. The standard InChI is InChI=1S/C23H20N6O3/c1-13-7-17(14(2)26-19-6-4-3-5-16(19)23(31)32)21-27-20(28-11-15(8-24)12-28)18(9-25)22(30)29(21)10-13/h3-7,10,14-15,26H,11-12H2,1-2H3,(H,31,32)/t14-/m1/s1. The van der Waals surface area contributed by atoms with Crippen molar-refractivity contribution in [2.45, 2.75) is 19.9 Å². The molecule has 2 N–H and O–H groups in total. The van der Waals surface area contributed by atoms with Gasteiger partial charge >= 0.3 is 5.97 Å². The molecule has 3 heterocycles. The van der Waals surface area contributed by atoms with Gasteiger partial charge in [0.15, 0.2) is 11.4 Å². The van der Waals surface area contributed by atoms with Crippen molar-refractivity contribution in [3.8, 4) is 12.1 Å². The Morgan fingerprint density at radius 3 is 2.69 bits per heavy atom. The second-order valence-corrected chi connectivity index (χ2v) is 7.84. The number of hydrogen-bond acceptors (Lipinski definition) is 7. The molecule has 1 fully saturated rings. The number of nitrogens with zero attached hydrogens (tertiary/aromatic N) is 5. The summed E-state index contributed by atoms with van der Waals surface area (Å²) in [5.74, 6) is -0.936. The van der Waals surface area contributed by atoms with Crippen LogP contribution in [0.5, 0.6) is 0 Å². The molecule has 4 rings (SSSR count). The molecule has 0 unspecified atom stereocenters. The fraction of sp³-hybridized carbons (Fsp3) is 0.261. The van der Waals surface area contributed by atoms with Crippen LogP contribution in [0.25, 0.3) is 5.65 Å². The fourth-order valence-corrected chi connectivity index (χ4v) is 3.88. The minimum absolute atomic E-state index is 0.0627. The molecule has 0 aliphatic carbocycles. The van der Waals surface area contributed by atoms with E-state index in [1.54, 1.807) is 29.3 Å². The normalized spacial score (nSPS) is 14.3. The van der Waals surface area contributed by atoms with Gasteiger partial charge in [-0.25, -0.2) is 9.78 Å². The van der Waals surface area contributed by atoms with E-state index < -0.39 is 11.5 Å². The summed E-state index contributed by atoms with van der Waals surface area (Å²) in [7, 11) is 0. The zero-order valence-electron chi connectivity index (χ0n) is 17.5. The summed E-state index contributed by atoms with van der Waals surface area (Å²) in [6.45, 7) is 4.51. The topological polar surface area (TPSA) is 135 Å². The number of aromatic nitrogens is 2. The lowest BCUT2D eigenvalue weighted by atomic mass is 10.0. The first-order valence-corrected chi connectivity index (χ1v) is 10.0. The van der Waals surface area contributed by atoms with Crippen molar-refractivity contribution in [2.24, 2.45) is 5.92 Å². The van der Waals surface area contributed by atoms with Crippen LogP contribution in [0.1, 0.15) is 40.0 Å². The van der Waals surface area contributed by atoms with Crippen molar-refractivity contribution in [3.63, 3.8) is 0 Å². The fourth-order valence-electron chi connectivity index (χ4n) is 3.88. The Morgan fingerprint density at radius 2 is 2.03 bits per heavy atom. The number of para-hydroxylation sites is 1. The molecule has 32 heavy (non-hydrogen) atoms. The molecule has 0 radical (unpaired) electrons. The van der Waals surface area contributed by atoms with Crippen molar-refractivity contribution in [1.82, 2.24) is 9.38 Å². The minimum Gasteiger partial charge on any atom is -0.478 e. The Labute approximate surface area is 183 Å². The molecule has 160 valence electrons. The summed E-state index contributed by atoms with van der Waals surface area (Å²) in [5.41, 5.74) is 1.90. The third-order valence-electron chi connectivity index (χ3n) is 5.54. The SMILES string of the molecule is Cc1cc([C@@H](C)Nc2ccccc2C(=O)O)c2nc(N3CC(C#N)C3)c(C#N)c(=O)n2c1. The number of aryl methyl sites for hydroxylation is 1. The zero-order valence-corrected chi connectivity index (χ0v) is 17.5. The van der Waals surface area contributed by atoms with E-state index >= 15 is 0 Å². The minimum atomic E-state index is -1.05. The molecule has 3 aromatic rings. The van der Waals surface area contributed by atoms with E-state index in [4.69, 9.17) is 5.26 Å². The zero-order chi connectivity index (χ0) is 23.0. The van der Waals surface area contributed by atoms with Crippen LogP contribution >= 0.6 is 0 Å². The molecule has 0 bridgehead atoms. The number of anilines is 2. The lowest BCUT2D eigenvalue weighted by molar-refractivity contribution is 0.0698. The first kappa shape index (κ1) is 20.9. The lowest BCUT2D eigenvalue weighted by Gasteiger charge is -2.36. The number of pyridine rings is 1. The Morgan fingerprint density at radius 1 is 1.31 bits per heavy atom. The van der Waals surface area contributed by atoms with Crippen LogP contribution < -0.4 is 15.8 Å². The Balaban J connectivity index is 1.84. The van der Waals surface area contributed by atoms with Crippen LogP contribution in [0.3, 0.4) is 0 Å². The number of hydrogen-bond donors (Lipinski definition) is 2. The van der Waals surface area contributed by atoms with Crippen LogP contribution in [0.4, 0.5) is 11.5 Å². The van der Waals surface area contributed by atoms with Gasteiger partial charge in [0.25, 0.3) is 5.56 Å². The van der Waals surface area contributed by atoms with Gasteiger partial charge in [-0.2, -0.15) is 10.5 Å². The molecule has 1 saturated heterocycles. The average Bonchev–Trinajstić information content (AvgIpc) is 2.73. The van der Waals surface area contributed by atoms with Crippen LogP contribution in [0, 0.1) is 35.5 Å². The number of aromatic carboxylic acids is 1. The quantitative estimate of drug-likeness (QED) is 0.633. The van der Waals surface area contributed by atoms with E-state index in [2.05, 4.69) is 16.4 Å². The van der Waals surface area contributed by atoms with Gasteiger partial charge in [0.2, 0.25) is 0 Å². The highest BCUT2D eigenvalue weighted by molar-refractivity contribution is 5.94. The molecule has 2 aromatic heterocycles. The van der Waals surface area contributed by atoms with E-state index in [0.717, 1.165) is 5.56 Å². The van der Waals surface area contributed by atoms with Crippen molar-refractivity contribution >= 4 is 23.1 Å². The summed E-state index contributed by atoms with van der Waals surface area (Å²) >= 11 is 0. The first-order chi connectivity index (χ1) is 15.3. The maximum absolute atomic E-state index is 13.1. The van der Waals surface area contributed by atoms with Gasteiger partial charge in [-0.3, -0.25) is 9.20 Å². The number of carbonyl (C=O) groups is 1. The number of fused-ring (bicyclic) bond motifs is 1. The van der Waals surface area contributed by atoms with E-state index in [0.29, 0.717) is 30.0 Å². The van der Waals surface area contributed by atoms with Gasteiger partial charge in [-0.05, 0) is 37.6 Å². The van der Waals surface area contributed by atoms with Gasteiger partial charge in [0.1, 0.15) is 11.7 Å². The monoisotopic (exact) mass is 428 g/mol. The molecule has 0 amide bonds. The van der Waals surface area contributed by atoms with Gasteiger partial charge in [-0.15, -0.1) is 0 Å². The Hall–Kier alpha value is -4.37. The molecule has 9 nitrogen and oxygen atoms in total. The number of benzene rings is 1. The predicted molar refractivity (Wildman–Crippen MR) is 118 cm³/mol. The highest BCUT2D eigenvalue weighted by Crippen LogP contribution is 2.29. The smallest absolute Gasteiger partial charge is 0.337 e. The molecular formula is C23H20N6O3. The molecule has 1 atom stereocenters. The first-order valence-electron chi connectivity index (χ1n) is 10.0. The predicted octanol–water partition coefficient (Wildman–Crippen LogP) is 2.71. The summed E-state index contributed by atoms with van der Waals surface area (Å²) in [5, 5.41) is 31.4. The molecule has 1 aliphatic rings. The highest BCUT2D eigenvalue weighted by Gasteiger charge is 2.31. The van der Waals surface area contributed by atoms with E-state index in [9.17, 15) is 20.0 Å². The molecule has 0 saturated carbocycles. The largest absolute Gasteiger partial charge is 0.478 e. The average molecular weight is 428 g/mol. The Bertz CT molecular complexity index is 1380. The number of carboxylic acids is 1. The highest BCUT2D eigenvalue weighted by atomic mass is 16.4. The van der Waals surface area contributed by atoms with Crippen LogP contribution in [0.15, 0.2) is 41.3 Å². The van der Waals surface area contributed by atoms with Crippen molar-refractivity contribution < 1.29 is 9.90 Å². The third-order valence-corrected chi connectivity index (χ3v) is 5.54.